The number of aryl methyl sites for hydroxylation is 1. The molecular formula is C16H24N4O2. The Labute approximate surface area is 130 Å². The monoisotopic (exact) mass is 304 g/mol. The van der Waals surface area contributed by atoms with Crippen LogP contribution in [0.3, 0.4) is 0 Å². The molecule has 1 aliphatic carbocycles. The number of piperidine rings is 1. The number of hydrogen-bond acceptors (Lipinski definition) is 5. The first-order valence-electron chi connectivity index (χ1n) is 8.49. The van der Waals surface area contributed by atoms with Gasteiger partial charge in [0, 0.05) is 32.2 Å². The molecule has 1 saturated carbocycles. The zero-order valence-electron chi connectivity index (χ0n) is 13.2. The van der Waals surface area contributed by atoms with Crippen molar-refractivity contribution in [3.8, 4) is 0 Å². The van der Waals surface area contributed by atoms with E-state index in [0.29, 0.717) is 24.1 Å². The second kappa shape index (κ2) is 5.65. The number of carbonyl (C=O) groups excluding carboxylic acids is 1. The van der Waals surface area contributed by atoms with Crippen molar-refractivity contribution in [1.29, 1.82) is 0 Å². The molecule has 1 aromatic rings. The van der Waals surface area contributed by atoms with Gasteiger partial charge in [-0.15, -0.1) is 0 Å². The highest BCUT2D eigenvalue weighted by Gasteiger charge is 2.38. The lowest BCUT2D eigenvalue weighted by Crippen LogP contribution is -2.45. The fourth-order valence-corrected chi connectivity index (χ4v) is 3.90. The van der Waals surface area contributed by atoms with E-state index >= 15 is 0 Å². The maximum absolute atomic E-state index is 12.6. The fourth-order valence-electron chi connectivity index (χ4n) is 3.90. The van der Waals surface area contributed by atoms with Gasteiger partial charge >= 0.3 is 0 Å². The molecule has 0 spiro atoms. The van der Waals surface area contributed by atoms with Crippen molar-refractivity contribution in [2.75, 3.05) is 26.2 Å². The van der Waals surface area contributed by atoms with Gasteiger partial charge < -0.3 is 4.90 Å². The van der Waals surface area contributed by atoms with Crippen LogP contribution in [0.2, 0.25) is 0 Å². The predicted octanol–water partition coefficient (Wildman–Crippen LogP) is 1.25. The number of rotatable bonds is 4. The van der Waals surface area contributed by atoms with Crippen LogP contribution in [0.15, 0.2) is 4.63 Å². The predicted molar refractivity (Wildman–Crippen MR) is 80.1 cm³/mol. The third-order valence-corrected chi connectivity index (χ3v) is 5.43. The number of nitrogens with zero attached hydrogens (tertiary/aromatic N) is 4. The van der Waals surface area contributed by atoms with Crippen molar-refractivity contribution >= 4 is 5.91 Å². The molecule has 6 nitrogen and oxygen atoms in total. The SMILES string of the molecule is Cc1nonc1CC(=O)N1C[C@H]2CC[C@@H](C1)N(CC1CC1)C2. The smallest absolute Gasteiger partial charge is 0.228 e. The first kappa shape index (κ1) is 14.2. The van der Waals surface area contributed by atoms with Crippen molar-refractivity contribution in [1.82, 2.24) is 20.1 Å². The summed E-state index contributed by atoms with van der Waals surface area (Å²) in [4.78, 5) is 17.3. The minimum absolute atomic E-state index is 0.170. The standard InChI is InChI=1S/C16H24N4O2/c1-11-15(18-22-17-11)6-16(21)20-9-13-4-5-14(10-20)19(8-13)7-12-2-3-12/h12-14H,2-10H2,1H3/t13-,14-/m0/s1. The molecule has 0 radical (unpaired) electrons. The van der Waals surface area contributed by atoms with Crippen LogP contribution in [0.5, 0.6) is 0 Å². The van der Waals surface area contributed by atoms with Crippen LogP contribution in [-0.4, -0.2) is 58.2 Å². The summed E-state index contributed by atoms with van der Waals surface area (Å²) in [7, 11) is 0. The highest BCUT2D eigenvalue weighted by molar-refractivity contribution is 5.78. The largest absolute Gasteiger partial charge is 0.340 e. The number of amides is 1. The molecule has 2 bridgehead atoms. The van der Waals surface area contributed by atoms with Crippen molar-refractivity contribution in [3.63, 3.8) is 0 Å². The van der Waals surface area contributed by atoms with Crippen LogP contribution >= 0.6 is 0 Å². The highest BCUT2D eigenvalue weighted by Crippen LogP contribution is 2.34. The van der Waals surface area contributed by atoms with Crippen molar-refractivity contribution < 1.29 is 9.42 Å². The molecule has 6 heteroatoms. The van der Waals surface area contributed by atoms with E-state index in [0.717, 1.165) is 24.7 Å². The molecule has 1 amide bonds. The normalized spacial score (nSPS) is 28.9. The number of fused-ring (bicyclic) bond motifs is 4. The molecule has 4 aliphatic rings. The van der Waals surface area contributed by atoms with Crippen LogP contribution in [0.1, 0.15) is 37.1 Å². The summed E-state index contributed by atoms with van der Waals surface area (Å²) in [6, 6.07) is 0.555. The second-order valence-corrected chi connectivity index (χ2v) is 7.27. The van der Waals surface area contributed by atoms with Gasteiger partial charge in [-0.2, -0.15) is 0 Å². The summed E-state index contributed by atoms with van der Waals surface area (Å²) < 4.78 is 4.70. The Balaban J connectivity index is 1.42. The Morgan fingerprint density at radius 2 is 2.05 bits per heavy atom. The zero-order valence-corrected chi connectivity index (χ0v) is 13.2. The van der Waals surface area contributed by atoms with Gasteiger partial charge in [-0.05, 0) is 44.4 Å². The molecule has 0 aromatic carbocycles. The molecule has 0 unspecified atom stereocenters. The molecule has 1 aromatic heterocycles. The van der Waals surface area contributed by atoms with Crippen LogP contribution < -0.4 is 0 Å². The average molecular weight is 304 g/mol. The minimum atomic E-state index is 0.170. The van der Waals surface area contributed by atoms with Crippen LogP contribution in [0, 0.1) is 18.8 Å². The summed E-state index contributed by atoms with van der Waals surface area (Å²) in [6.07, 6.45) is 5.62. The average Bonchev–Trinajstić information content (AvgIpc) is 3.28. The maximum Gasteiger partial charge on any atom is 0.228 e. The molecular weight excluding hydrogens is 280 g/mol. The van der Waals surface area contributed by atoms with Gasteiger partial charge in [0.15, 0.2) is 0 Å². The Morgan fingerprint density at radius 1 is 1.18 bits per heavy atom. The first-order valence-corrected chi connectivity index (χ1v) is 8.49. The minimum Gasteiger partial charge on any atom is -0.340 e. The van der Waals surface area contributed by atoms with Gasteiger partial charge in [-0.3, -0.25) is 9.69 Å². The maximum atomic E-state index is 12.6. The summed E-state index contributed by atoms with van der Waals surface area (Å²) in [5, 5.41) is 7.61. The summed E-state index contributed by atoms with van der Waals surface area (Å²) >= 11 is 0. The van der Waals surface area contributed by atoms with E-state index in [2.05, 4.69) is 20.1 Å². The van der Waals surface area contributed by atoms with Crippen LogP contribution in [0.25, 0.3) is 0 Å². The van der Waals surface area contributed by atoms with Gasteiger partial charge in [0.05, 0.1) is 6.42 Å². The Hall–Kier alpha value is -1.43. The van der Waals surface area contributed by atoms with E-state index in [9.17, 15) is 4.79 Å². The molecule has 2 atom stereocenters. The van der Waals surface area contributed by atoms with Crippen molar-refractivity contribution in [2.24, 2.45) is 11.8 Å². The van der Waals surface area contributed by atoms with Gasteiger partial charge in [-0.1, -0.05) is 10.3 Å². The lowest BCUT2D eigenvalue weighted by molar-refractivity contribution is -0.131. The Bertz CT molecular complexity index is 554. The second-order valence-electron chi connectivity index (χ2n) is 7.27. The molecule has 3 aliphatic heterocycles. The van der Waals surface area contributed by atoms with Gasteiger partial charge in [0.1, 0.15) is 11.4 Å². The van der Waals surface area contributed by atoms with Crippen LogP contribution in [0.4, 0.5) is 0 Å². The summed E-state index contributed by atoms with van der Waals surface area (Å²) in [6.45, 7) is 6.04. The third-order valence-electron chi connectivity index (χ3n) is 5.43. The quantitative estimate of drug-likeness (QED) is 0.838. The zero-order chi connectivity index (χ0) is 15.1. The fraction of sp³-hybridized carbons (Fsp3) is 0.812. The Kier molecular flexibility index (Phi) is 3.64. The molecule has 4 fully saturated rings. The van der Waals surface area contributed by atoms with Crippen LogP contribution in [-0.2, 0) is 11.2 Å². The Morgan fingerprint density at radius 3 is 2.77 bits per heavy atom. The highest BCUT2D eigenvalue weighted by atomic mass is 16.6. The lowest BCUT2D eigenvalue weighted by Gasteiger charge is -2.36. The van der Waals surface area contributed by atoms with E-state index < -0.39 is 0 Å². The van der Waals surface area contributed by atoms with Gasteiger partial charge in [-0.25, -0.2) is 4.63 Å². The van der Waals surface area contributed by atoms with E-state index in [1.165, 1.54) is 38.8 Å². The number of aromatic nitrogens is 2. The van der Waals surface area contributed by atoms with E-state index in [1.54, 1.807) is 0 Å². The molecule has 0 N–H and O–H groups in total. The topological polar surface area (TPSA) is 62.5 Å². The summed E-state index contributed by atoms with van der Waals surface area (Å²) in [5.74, 6) is 1.73. The first-order chi connectivity index (χ1) is 10.7. The van der Waals surface area contributed by atoms with Gasteiger partial charge in [0.2, 0.25) is 5.91 Å². The van der Waals surface area contributed by atoms with Gasteiger partial charge in [0.25, 0.3) is 0 Å². The van der Waals surface area contributed by atoms with Crippen molar-refractivity contribution in [2.45, 2.75) is 45.1 Å². The number of carbonyl (C=O) groups is 1. The number of hydrogen-bond donors (Lipinski definition) is 0. The third kappa shape index (κ3) is 2.89. The lowest BCUT2D eigenvalue weighted by atomic mass is 9.95. The summed E-state index contributed by atoms with van der Waals surface area (Å²) in [5.41, 5.74) is 1.40. The molecule has 3 saturated heterocycles. The molecule has 22 heavy (non-hydrogen) atoms. The van der Waals surface area contributed by atoms with E-state index in [4.69, 9.17) is 4.63 Å². The molecule has 120 valence electrons. The van der Waals surface area contributed by atoms with E-state index in [-0.39, 0.29) is 5.91 Å². The molecule has 4 heterocycles. The van der Waals surface area contributed by atoms with Crippen molar-refractivity contribution in [3.05, 3.63) is 11.4 Å². The molecule has 5 rings (SSSR count). The van der Waals surface area contributed by atoms with E-state index in [1.807, 2.05) is 6.92 Å².